The minimum Gasteiger partial charge on any atom is -0.384 e. The van der Waals surface area contributed by atoms with Gasteiger partial charge in [0.15, 0.2) is 0 Å². The lowest BCUT2D eigenvalue weighted by Gasteiger charge is -2.11. The highest BCUT2D eigenvalue weighted by molar-refractivity contribution is 7.89. The van der Waals surface area contributed by atoms with Crippen molar-refractivity contribution < 1.29 is 8.42 Å². The number of nitrogens with one attached hydrogen (secondary N) is 2. The van der Waals surface area contributed by atoms with Crippen molar-refractivity contribution in [2.45, 2.75) is 25.2 Å². The Balaban J connectivity index is 2.04. The summed E-state index contributed by atoms with van der Waals surface area (Å²) in [4.78, 5) is 8.37. The van der Waals surface area contributed by atoms with Gasteiger partial charge in [-0.2, -0.15) is 0 Å². The van der Waals surface area contributed by atoms with Crippen molar-refractivity contribution in [3.63, 3.8) is 0 Å². The third kappa shape index (κ3) is 4.23. The highest BCUT2D eigenvalue weighted by Crippen LogP contribution is 2.19. The lowest BCUT2D eigenvalue weighted by molar-refractivity contribution is 0.581. The van der Waals surface area contributed by atoms with Crippen LogP contribution in [0.4, 0.5) is 5.69 Å². The van der Waals surface area contributed by atoms with Crippen molar-refractivity contribution in [2.24, 2.45) is 0 Å². The Hall–Kier alpha value is -1.51. The van der Waals surface area contributed by atoms with Crippen molar-refractivity contribution in [3.8, 4) is 0 Å². The van der Waals surface area contributed by atoms with Gasteiger partial charge in [0.2, 0.25) is 10.0 Å². The topological polar surface area (TPSA) is 84.0 Å². The van der Waals surface area contributed by atoms with Crippen LogP contribution in [0.25, 0.3) is 0 Å². The maximum absolute atomic E-state index is 12.3. The molecule has 2 rings (SSSR count). The maximum atomic E-state index is 12.3. The van der Waals surface area contributed by atoms with E-state index < -0.39 is 10.0 Å². The van der Waals surface area contributed by atoms with Gasteiger partial charge in [-0.15, -0.1) is 11.3 Å². The summed E-state index contributed by atoms with van der Waals surface area (Å²) in [5.41, 5.74) is 1.52. The molecular weight excluding hydrogens is 308 g/mol. The van der Waals surface area contributed by atoms with E-state index in [1.54, 1.807) is 12.3 Å². The molecule has 0 bridgehead atoms. The molecule has 2 aromatic heterocycles. The van der Waals surface area contributed by atoms with Gasteiger partial charge in [-0.3, -0.25) is 4.98 Å². The molecule has 0 fully saturated rings. The van der Waals surface area contributed by atoms with Gasteiger partial charge in [0.05, 0.1) is 10.7 Å². The lowest BCUT2D eigenvalue weighted by Crippen LogP contribution is -2.27. The Morgan fingerprint density at radius 1 is 1.38 bits per heavy atom. The third-order valence-corrected chi connectivity index (χ3v) is 5.25. The molecular formula is C13H18N4O2S2. The predicted octanol–water partition coefficient (Wildman–Crippen LogP) is 1.80. The first-order chi connectivity index (χ1) is 10.0. The molecule has 0 spiro atoms. The first-order valence-electron chi connectivity index (χ1n) is 6.61. The van der Waals surface area contributed by atoms with Crippen LogP contribution < -0.4 is 10.0 Å². The minimum atomic E-state index is -3.57. The number of nitrogens with zero attached hydrogens (tertiary/aromatic N) is 2. The molecule has 0 radical (unpaired) electrons. The summed E-state index contributed by atoms with van der Waals surface area (Å²) in [5.74, 6) is 0. The third-order valence-electron chi connectivity index (χ3n) is 2.74. The molecule has 114 valence electrons. The molecule has 0 aliphatic carbocycles. The minimum absolute atomic E-state index is 0.169. The largest absolute Gasteiger partial charge is 0.384 e. The second-order valence-corrected chi connectivity index (χ2v) is 7.11. The van der Waals surface area contributed by atoms with Gasteiger partial charge in [0, 0.05) is 43.0 Å². The number of hydrogen-bond donors (Lipinski definition) is 2. The molecule has 0 amide bonds. The van der Waals surface area contributed by atoms with Crippen LogP contribution in [0.1, 0.15) is 17.6 Å². The summed E-state index contributed by atoms with van der Waals surface area (Å²) in [5, 5.41) is 5.90. The average Bonchev–Trinajstić information content (AvgIpc) is 2.85. The predicted molar refractivity (Wildman–Crippen MR) is 84.1 cm³/mol. The van der Waals surface area contributed by atoms with Crippen LogP contribution in [0.3, 0.4) is 0 Å². The van der Waals surface area contributed by atoms with Crippen LogP contribution in [-0.2, 0) is 16.4 Å². The molecule has 6 nitrogen and oxygen atoms in total. The summed E-state index contributed by atoms with van der Waals surface area (Å²) < 4.78 is 27.2. The molecule has 0 aliphatic rings. The van der Waals surface area contributed by atoms with Crippen molar-refractivity contribution in [1.82, 2.24) is 14.7 Å². The number of aryl methyl sites for hydroxylation is 1. The molecule has 2 aromatic rings. The average molecular weight is 326 g/mol. The van der Waals surface area contributed by atoms with Crippen molar-refractivity contribution in [1.29, 1.82) is 0 Å². The fourth-order valence-corrected chi connectivity index (χ4v) is 3.75. The van der Waals surface area contributed by atoms with Crippen LogP contribution in [-0.4, -0.2) is 31.5 Å². The maximum Gasteiger partial charge on any atom is 0.244 e. The Morgan fingerprint density at radius 3 is 2.86 bits per heavy atom. The Labute approximate surface area is 128 Å². The quantitative estimate of drug-likeness (QED) is 0.810. The molecule has 21 heavy (non-hydrogen) atoms. The standard InChI is InChI=1S/C13H18N4O2S2/c1-3-15-11-4-6-14-8-12(11)21(18,19)16-7-5-13-17-10(2)9-20-13/h4,6,8-9,16H,3,5,7H2,1-2H3,(H,14,15). The summed E-state index contributed by atoms with van der Waals surface area (Å²) in [6.45, 7) is 4.79. The molecule has 0 atom stereocenters. The molecule has 0 aromatic carbocycles. The summed E-state index contributed by atoms with van der Waals surface area (Å²) >= 11 is 1.54. The highest BCUT2D eigenvalue weighted by Gasteiger charge is 2.18. The van der Waals surface area contributed by atoms with E-state index in [-0.39, 0.29) is 4.90 Å². The zero-order valence-corrected chi connectivity index (χ0v) is 13.6. The highest BCUT2D eigenvalue weighted by atomic mass is 32.2. The van der Waals surface area contributed by atoms with E-state index in [2.05, 4.69) is 20.0 Å². The van der Waals surface area contributed by atoms with Crippen LogP contribution in [0.5, 0.6) is 0 Å². The smallest absolute Gasteiger partial charge is 0.244 e. The SMILES string of the molecule is CCNc1ccncc1S(=O)(=O)NCCc1nc(C)cs1. The number of anilines is 1. The van der Waals surface area contributed by atoms with Crippen molar-refractivity contribution in [3.05, 3.63) is 34.5 Å². The van der Waals surface area contributed by atoms with E-state index in [4.69, 9.17) is 0 Å². The van der Waals surface area contributed by atoms with Gasteiger partial charge >= 0.3 is 0 Å². The normalized spacial score (nSPS) is 11.5. The van der Waals surface area contributed by atoms with E-state index >= 15 is 0 Å². The number of hydrogen-bond acceptors (Lipinski definition) is 6. The molecule has 8 heteroatoms. The fraction of sp³-hybridized carbons (Fsp3) is 0.385. The number of pyridine rings is 1. The van der Waals surface area contributed by atoms with Crippen LogP contribution >= 0.6 is 11.3 Å². The van der Waals surface area contributed by atoms with Crippen molar-refractivity contribution >= 4 is 27.0 Å². The summed E-state index contributed by atoms with van der Waals surface area (Å²) in [6.07, 6.45) is 3.50. The summed E-state index contributed by atoms with van der Waals surface area (Å²) in [6, 6.07) is 1.66. The number of rotatable bonds is 7. The van der Waals surface area contributed by atoms with E-state index in [1.165, 1.54) is 17.5 Å². The van der Waals surface area contributed by atoms with Gasteiger partial charge in [-0.25, -0.2) is 18.1 Å². The fourth-order valence-electron chi connectivity index (χ4n) is 1.82. The molecule has 2 N–H and O–H groups in total. The van der Waals surface area contributed by atoms with Gasteiger partial charge in [-0.1, -0.05) is 0 Å². The first-order valence-corrected chi connectivity index (χ1v) is 8.97. The second-order valence-electron chi connectivity index (χ2n) is 4.43. The zero-order chi connectivity index (χ0) is 15.3. The Morgan fingerprint density at radius 2 is 2.19 bits per heavy atom. The second kappa shape index (κ2) is 6.97. The number of aromatic nitrogens is 2. The van der Waals surface area contributed by atoms with E-state index in [0.29, 0.717) is 25.2 Å². The van der Waals surface area contributed by atoms with E-state index in [9.17, 15) is 8.42 Å². The zero-order valence-electron chi connectivity index (χ0n) is 12.0. The van der Waals surface area contributed by atoms with Gasteiger partial charge in [-0.05, 0) is 19.9 Å². The van der Waals surface area contributed by atoms with Gasteiger partial charge in [0.25, 0.3) is 0 Å². The molecule has 2 heterocycles. The Bertz CT molecular complexity index is 698. The molecule has 0 saturated carbocycles. The number of sulfonamides is 1. The molecule has 0 unspecified atom stereocenters. The van der Waals surface area contributed by atoms with Gasteiger partial charge < -0.3 is 5.32 Å². The first kappa shape index (κ1) is 15.9. The van der Waals surface area contributed by atoms with E-state index in [0.717, 1.165) is 10.7 Å². The van der Waals surface area contributed by atoms with Crippen LogP contribution in [0.15, 0.2) is 28.7 Å². The van der Waals surface area contributed by atoms with Crippen LogP contribution in [0.2, 0.25) is 0 Å². The van der Waals surface area contributed by atoms with Crippen LogP contribution in [0, 0.1) is 6.92 Å². The number of thiazole rings is 1. The molecule has 0 aliphatic heterocycles. The monoisotopic (exact) mass is 326 g/mol. The van der Waals surface area contributed by atoms with E-state index in [1.807, 2.05) is 19.2 Å². The Kier molecular flexibility index (Phi) is 5.27. The summed E-state index contributed by atoms with van der Waals surface area (Å²) in [7, 11) is -3.57. The van der Waals surface area contributed by atoms with Crippen molar-refractivity contribution in [2.75, 3.05) is 18.4 Å². The molecule has 0 saturated heterocycles. The van der Waals surface area contributed by atoms with Gasteiger partial charge in [0.1, 0.15) is 4.90 Å². The lowest BCUT2D eigenvalue weighted by atomic mass is 10.4.